The molecule has 1 aliphatic heterocycles. The Morgan fingerprint density at radius 2 is 1.87 bits per heavy atom. The van der Waals surface area contributed by atoms with Crippen molar-refractivity contribution in [3.8, 4) is 17.2 Å². The summed E-state index contributed by atoms with van der Waals surface area (Å²) in [5.74, 6) is -2.80. The Kier molecular flexibility index (Phi) is 6.46. The van der Waals surface area contributed by atoms with E-state index in [2.05, 4.69) is 9.97 Å². The molecule has 9 nitrogen and oxygen atoms in total. The zero-order valence-corrected chi connectivity index (χ0v) is 21.1. The first-order valence-corrected chi connectivity index (χ1v) is 12.0. The molecule has 2 aromatic heterocycles. The third-order valence-corrected chi connectivity index (χ3v) is 7.03. The van der Waals surface area contributed by atoms with E-state index < -0.39 is 29.5 Å². The van der Waals surface area contributed by atoms with Gasteiger partial charge in [-0.3, -0.25) is 19.6 Å². The SMILES string of the molecule is COC(=O)C[C@H](c1c(O)c(C(C)=O)cc([C@@H]2OCc3cnc(C)c(O)c32)c1O)c1ccnc2ccccc12. The van der Waals surface area contributed by atoms with Gasteiger partial charge in [-0.1, -0.05) is 18.2 Å². The largest absolute Gasteiger partial charge is 0.507 e. The van der Waals surface area contributed by atoms with E-state index in [0.717, 1.165) is 0 Å². The normalized spacial score (nSPS) is 15.3. The van der Waals surface area contributed by atoms with Crippen molar-refractivity contribution in [3.63, 3.8) is 0 Å². The maximum Gasteiger partial charge on any atom is 0.306 e. The average molecular weight is 515 g/mol. The summed E-state index contributed by atoms with van der Waals surface area (Å²) in [5.41, 5.74) is 2.82. The van der Waals surface area contributed by atoms with Crippen LogP contribution in [0.15, 0.2) is 48.8 Å². The van der Waals surface area contributed by atoms with E-state index in [9.17, 15) is 24.9 Å². The quantitative estimate of drug-likeness (QED) is 0.249. The number of carbonyl (C=O) groups is 2. The van der Waals surface area contributed by atoms with Crippen LogP contribution in [0.4, 0.5) is 0 Å². The molecule has 0 bridgehead atoms. The summed E-state index contributed by atoms with van der Waals surface area (Å²) in [7, 11) is 1.25. The molecule has 0 unspecified atom stereocenters. The number of Topliss-reactive ketones (excluding diaryl/α,β-unsaturated/α-hetero) is 1. The summed E-state index contributed by atoms with van der Waals surface area (Å²) >= 11 is 0. The zero-order valence-electron chi connectivity index (χ0n) is 21.1. The highest BCUT2D eigenvalue weighted by molar-refractivity contribution is 5.98. The number of fused-ring (bicyclic) bond motifs is 2. The second-order valence-electron chi connectivity index (χ2n) is 9.25. The van der Waals surface area contributed by atoms with Gasteiger partial charge in [-0.15, -0.1) is 0 Å². The number of ether oxygens (including phenoxy) is 2. The molecule has 2 atom stereocenters. The van der Waals surface area contributed by atoms with E-state index >= 15 is 0 Å². The number of phenolic OH excluding ortho intramolecular Hbond substituents is 2. The Morgan fingerprint density at radius 1 is 1.11 bits per heavy atom. The molecule has 9 heteroatoms. The Balaban J connectivity index is 1.80. The van der Waals surface area contributed by atoms with E-state index in [-0.39, 0.29) is 41.2 Å². The van der Waals surface area contributed by atoms with Gasteiger partial charge in [0.15, 0.2) is 5.78 Å². The van der Waals surface area contributed by atoms with Gasteiger partial charge in [-0.05, 0) is 37.6 Å². The van der Waals surface area contributed by atoms with Crippen molar-refractivity contribution >= 4 is 22.7 Å². The molecule has 0 amide bonds. The number of ketones is 1. The summed E-state index contributed by atoms with van der Waals surface area (Å²) in [6.45, 7) is 3.08. The highest BCUT2D eigenvalue weighted by atomic mass is 16.5. The first-order valence-electron chi connectivity index (χ1n) is 12.0. The second-order valence-corrected chi connectivity index (χ2v) is 9.25. The van der Waals surface area contributed by atoms with Crippen LogP contribution in [0.5, 0.6) is 17.2 Å². The van der Waals surface area contributed by atoms with Crippen molar-refractivity contribution in [3.05, 3.63) is 87.9 Å². The van der Waals surface area contributed by atoms with Gasteiger partial charge in [-0.25, -0.2) is 0 Å². The highest BCUT2D eigenvalue weighted by Gasteiger charge is 2.36. The second kappa shape index (κ2) is 9.75. The van der Waals surface area contributed by atoms with Gasteiger partial charge in [0.2, 0.25) is 0 Å². The van der Waals surface area contributed by atoms with Crippen molar-refractivity contribution in [1.29, 1.82) is 0 Å². The van der Waals surface area contributed by atoms with Crippen molar-refractivity contribution in [2.45, 2.75) is 38.9 Å². The van der Waals surface area contributed by atoms with Gasteiger partial charge < -0.3 is 24.8 Å². The number of nitrogens with zero attached hydrogens (tertiary/aromatic N) is 2. The fraction of sp³-hybridized carbons (Fsp3) is 0.241. The molecule has 1 aliphatic rings. The first kappa shape index (κ1) is 25.2. The number of para-hydroxylation sites is 1. The molecule has 0 radical (unpaired) electrons. The number of rotatable bonds is 6. The van der Waals surface area contributed by atoms with Crippen molar-refractivity contribution < 1.29 is 34.4 Å². The molecule has 0 aliphatic carbocycles. The molecule has 38 heavy (non-hydrogen) atoms. The summed E-state index contributed by atoms with van der Waals surface area (Å²) in [6.07, 6.45) is 2.01. The van der Waals surface area contributed by atoms with Crippen LogP contribution in [0.1, 0.15) is 69.2 Å². The third-order valence-electron chi connectivity index (χ3n) is 7.03. The molecular formula is C29H26N2O7. The highest BCUT2D eigenvalue weighted by Crippen LogP contribution is 2.51. The summed E-state index contributed by atoms with van der Waals surface area (Å²) < 4.78 is 10.9. The molecular weight excluding hydrogens is 488 g/mol. The Labute approximate surface area is 218 Å². The van der Waals surface area contributed by atoms with Crippen LogP contribution >= 0.6 is 0 Å². The Hall–Kier alpha value is -4.50. The van der Waals surface area contributed by atoms with Crippen LogP contribution in [0, 0.1) is 6.92 Å². The predicted octanol–water partition coefficient (Wildman–Crippen LogP) is 4.57. The summed E-state index contributed by atoms with van der Waals surface area (Å²) in [5, 5.41) is 34.5. The molecule has 0 saturated carbocycles. The van der Waals surface area contributed by atoms with Crippen LogP contribution in [0.25, 0.3) is 10.9 Å². The number of benzene rings is 2. The smallest absolute Gasteiger partial charge is 0.306 e. The Bertz CT molecular complexity index is 1590. The van der Waals surface area contributed by atoms with Crippen LogP contribution < -0.4 is 0 Å². The van der Waals surface area contributed by atoms with Gasteiger partial charge in [-0.2, -0.15) is 0 Å². The lowest BCUT2D eigenvalue weighted by molar-refractivity contribution is -0.140. The van der Waals surface area contributed by atoms with Crippen molar-refractivity contribution in [2.24, 2.45) is 0 Å². The number of phenols is 2. The maximum atomic E-state index is 12.7. The number of hydrogen-bond acceptors (Lipinski definition) is 9. The molecule has 4 aromatic rings. The molecule has 194 valence electrons. The number of pyridine rings is 2. The number of methoxy groups -OCH3 is 1. The lowest BCUT2D eigenvalue weighted by Gasteiger charge is -2.25. The van der Waals surface area contributed by atoms with E-state index in [1.54, 1.807) is 25.4 Å². The van der Waals surface area contributed by atoms with Gasteiger partial charge in [0, 0.05) is 46.0 Å². The topological polar surface area (TPSA) is 139 Å². The fourth-order valence-electron chi connectivity index (χ4n) is 5.10. The number of aromatic hydroxyl groups is 3. The van der Waals surface area contributed by atoms with Gasteiger partial charge in [0.1, 0.15) is 23.4 Å². The van der Waals surface area contributed by atoms with Crippen molar-refractivity contribution in [2.75, 3.05) is 7.11 Å². The first-order chi connectivity index (χ1) is 18.2. The van der Waals surface area contributed by atoms with Crippen LogP contribution in [-0.4, -0.2) is 44.1 Å². The Morgan fingerprint density at radius 3 is 2.61 bits per heavy atom. The van der Waals surface area contributed by atoms with Crippen LogP contribution in [0.2, 0.25) is 0 Å². The van der Waals surface area contributed by atoms with Gasteiger partial charge in [0.05, 0.1) is 36.9 Å². The number of aromatic nitrogens is 2. The minimum Gasteiger partial charge on any atom is -0.507 e. The van der Waals surface area contributed by atoms with Crippen molar-refractivity contribution in [1.82, 2.24) is 9.97 Å². The number of aryl methyl sites for hydroxylation is 1. The molecule has 3 heterocycles. The average Bonchev–Trinajstić information content (AvgIpc) is 3.34. The minimum absolute atomic E-state index is 0.0169. The minimum atomic E-state index is -0.933. The zero-order chi connectivity index (χ0) is 27.1. The number of esters is 1. The van der Waals surface area contributed by atoms with E-state index in [0.29, 0.717) is 33.3 Å². The number of hydrogen-bond donors (Lipinski definition) is 3. The predicted molar refractivity (Wildman–Crippen MR) is 137 cm³/mol. The molecule has 0 spiro atoms. The summed E-state index contributed by atoms with van der Waals surface area (Å²) in [4.78, 5) is 33.8. The van der Waals surface area contributed by atoms with Gasteiger partial charge >= 0.3 is 5.97 Å². The summed E-state index contributed by atoms with van der Waals surface area (Å²) in [6, 6.07) is 10.4. The lowest BCUT2D eigenvalue weighted by Crippen LogP contribution is -2.14. The van der Waals surface area contributed by atoms with Crippen LogP contribution in [-0.2, 0) is 20.9 Å². The van der Waals surface area contributed by atoms with Crippen LogP contribution in [0.3, 0.4) is 0 Å². The van der Waals surface area contributed by atoms with E-state index in [1.807, 2.05) is 24.3 Å². The third kappa shape index (κ3) is 4.10. The molecule has 0 saturated heterocycles. The lowest BCUT2D eigenvalue weighted by atomic mass is 9.82. The standard InChI is InChI=1S/C29H26N2O7/c1-14-26(34)24-16(12-31-14)13-38-29(24)21-10-19(15(2)32)27(35)25(28(21)36)20(11-23(33)37-3)17-8-9-30-22-7-5-4-6-18(17)22/h4-10,12,20,29,34-36H,11,13H2,1-3H3/t20-,29-/m0/s1. The van der Waals surface area contributed by atoms with Gasteiger partial charge in [0.25, 0.3) is 0 Å². The van der Waals surface area contributed by atoms with E-state index in [4.69, 9.17) is 9.47 Å². The molecule has 5 rings (SSSR count). The maximum absolute atomic E-state index is 12.7. The molecule has 0 fully saturated rings. The molecule has 3 N–H and O–H groups in total. The molecule has 2 aromatic carbocycles. The van der Waals surface area contributed by atoms with E-state index in [1.165, 1.54) is 20.1 Å². The fourth-order valence-corrected chi connectivity index (χ4v) is 5.10. The monoisotopic (exact) mass is 514 g/mol. The number of carbonyl (C=O) groups excluding carboxylic acids is 2.